The van der Waals surface area contributed by atoms with E-state index in [-0.39, 0.29) is 110 Å². The van der Waals surface area contributed by atoms with E-state index >= 15 is 0 Å². The molecule has 0 radical (unpaired) electrons. The SMILES string of the molecule is [Cd].[Cd].[Hg].[Hg]. The van der Waals surface area contributed by atoms with Gasteiger partial charge in [0.1, 0.15) is 0 Å². The second-order valence-electron chi connectivity index (χ2n) is 0. The summed E-state index contributed by atoms with van der Waals surface area (Å²) in [4.78, 5) is 0. The molecule has 4 heteroatoms. The first-order valence-electron chi connectivity index (χ1n) is 0. The molecule has 0 N–H and O–H groups in total. The monoisotopic (exact) mass is 632 g/mol. The van der Waals surface area contributed by atoms with Gasteiger partial charge >= 0.3 is 0 Å². The molecule has 0 atom stereocenters. The normalized spacial score (nSPS) is 0. The third-order valence-electron chi connectivity index (χ3n) is 0. The summed E-state index contributed by atoms with van der Waals surface area (Å²) in [5.74, 6) is 0. The second-order valence-corrected chi connectivity index (χ2v) is 0. The summed E-state index contributed by atoms with van der Waals surface area (Å²) in [6, 6.07) is 0. The summed E-state index contributed by atoms with van der Waals surface area (Å²) in [5, 5.41) is 0. The van der Waals surface area contributed by atoms with Crippen molar-refractivity contribution in [2.75, 3.05) is 0 Å². The molecule has 0 aliphatic heterocycles. The summed E-state index contributed by atoms with van der Waals surface area (Å²) in [6.07, 6.45) is 0. The van der Waals surface area contributed by atoms with Gasteiger partial charge < -0.3 is 0 Å². The van der Waals surface area contributed by atoms with Gasteiger partial charge in [0.15, 0.2) is 0 Å². The Morgan fingerprint density at radius 1 is 0.500 bits per heavy atom. The van der Waals surface area contributed by atoms with Crippen molar-refractivity contribution < 1.29 is 110 Å². The van der Waals surface area contributed by atoms with Crippen molar-refractivity contribution in [3.8, 4) is 0 Å². The third-order valence-corrected chi connectivity index (χ3v) is 0. The van der Waals surface area contributed by atoms with Crippen molar-refractivity contribution >= 4 is 0 Å². The molecule has 0 aliphatic carbocycles. The zero-order valence-electron chi connectivity index (χ0n) is 2.83. The van der Waals surface area contributed by atoms with Crippen LogP contribution in [0.5, 0.6) is 0 Å². The molecule has 4 heavy (non-hydrogen) atoms. The Labute approximate surface area is 107 Å². The average molecular weight is 626 g/mol. The van der Waals surface area contributed by atoms with Crippen molar-refractivity contribution in [2.24, 2.45) is 0 Å². The van der Waals surface area contributed by atoms with E-state index in [2.05, 4.69) is 0 Å². The summed E-state index contributed by atoms with van der Waals surface area (Å²) < 4.78 is 0. The van der Waals surface area contributed by atoms with Crippen LogP contribution in [0.15, 0.2) is 0 Å². The van der Waals surface area contributed by atoms with Gasteiger partial charge in [-0.15, -0.1) is 0 Å². The molecule has 0 aromatic heterocycles. The van der Waals surface area contributed by atoms with Crippen LogP contribution in [0.1, 0.15) is 0 Å². The van der Waals surface area contributed by atoms with Gasteiger partial charge in [0.2, 0.25) is 0 Å². The van der Waals surface area contributed by atoms with Gasteiger partial charge in [0.05, 0.1) is 0 Å². The van der Waals surface area contributed by atoms with Crippen molar-refractivity contribution in [3.05, 3.63) is 0 Å². The fourth-order valence-corrected chi connectivity index (χ4v) is 0. The van der Waals surface area contributed by atoms with E-state index in [9.17, 15) is 0 Å². The molecule has 0 amide bonds. The maximum absolute atomic E-state index is 0. The summed E-state index contributed by atoms with van der Waals surface area (Å²) in [6.45, 7) is 0. The standard InChI is InChI=1S/2Cd.2Hg. The largest absolute Gasteiger partial charge is 0 e. The van der Waals surface area contributed by atoms with Crippen LogP contribution < -0.4 is 0 Å². The molecule has 0 rings (SSSR count). The van der Waals surface area contributed by atoms with Gasteiger partial charge in [-0.1, -0.05) is 0 Å². The van der Waals surface area contributed by atoms with E-state index < -0.39 is 0 Å². The first-order chi connectivity index (χ1) is 0. The van der Waals surface area contributed by atoms with Gasteiger partial charge in [0.25, 0.3) is 0 Å². The maximum atomic E-state index is 0. The quantitative estimate of drug-likeness (QED) is 0.333. The molecule has 0 saturated heterocycles. The second kappa shape index (κ2) is 15.9. The minimum absolute atomic E-state index is 0. The molecule has 0 aromatic carbocycles. The number of rotatable bonds is 0. The third kappa shape index (κ3) is 9.21. The molecular weight excluding hydrogens is 626 g/mol. The van der Waals surface area contributed by atoms with E-state index in [0.29, 0.717) is 0 Å². The fraction of sp³-hybridized carbons (Fsp3) is 0. The Morgan fingerprint density at radius 2 is 0.500 bits per heavy atom. The Kier molecular flexibility index (Phi) is 100. The fourth-order valence-electron chi connectivity index (χ4n) is 0. The minimum atomic E-state index is 0. The zero-order valence-corrected chi connectivity index (χ0v) is 21.9. The van der Waals surface area contributed by atoms with Crippen LogP contribution in [-0.2, 0) is 110 Å². The molecule has 8 valence electrons. The Bertz CT molecular complexity index is 4.00. The number of hydrogen-bond acceptors (Lipinski definition) is 0. The average Bonchev–Trinajstić information content (AvgIpc) is 0. The van der Waals surface area contributed by atoms with Gasteiger partial charge in [0, 0.05) is 110 Å². The Balaban J connectivity index is 0. The first-order valence-corrected chi connectivity index (χ1v) is 0. The minimum Gasteiger partial charge on any atom is 0 e. The van der Waals surface area contributed by atoms with Crippen LogP contribution in [0, 0.1) is 0 Å². The molecule has 0 spiro atoms. The first kappa shape index (κ1) is 25.2. The molecule has 0 aliphatic rings. The van der Waals surface area contributed by atoms with E-state index in [1.54, 1.807) is 0 Å². The molecule has 0 unspecified atom stereocenters. The predicted octanol–water partition coefficient (Wildman–Crippen LogP) is -0.0100. The molecule has 0 saturated carbocycles. The van der Waals surface area contributed by atoms with Gasteiger partial charge in [-0.05, 0) is 0 Å². The molecule has 0 aromatic rings. The van der Waals surface area contributed by atoms with Crippen molar-refractivity contribution in [1.29, 1.82) is 0 Å². The zero-order chi connectivity index (χ0) is 0. The van der Waals surface area contributed by atoms with Crippen LogP contribution in [0.4, 0.5) is 0 Å². The van der Waals surface area contributed by atoms with E-state index in [0.717, 1.165) is 0 Å². The van der Waals surface area contributed by atoms with E-state index in [4.69, 9.17) is 0 Å². The van der Waals surface area contributed by atoms with Gasteiger partial charge in [-0.3, -0.25) is 0 Å². The maximum Gasteiger partial charge on any atom is 0 e. The Hall–Kier alpha value is 3.71. The van der Waals surface area contributed by atoms with Crippen molar-refractivity contribution in [2.45, 2.75) is 0 Å². The summed E-state index contributed by atoms with van der Waals surface area (Å²) >= 11 is 0. The van der Waals surface area contributed by atoms with Crippen LogP contribution in [0.3, 0.4) is 0 Å². The summed E-state index contributed by atoms with van der Waals surface area (Å²) in [7, 11) is 0. The molecule has 0 bridgehead atoms. The number of hydrogen-bond donors (Lipinski definition) is 0. The molecule has 0 heterocycles. The summed E-state index contributed by atoms with van der Waals surface area (Å²) in [5.41, 5.74) is 0. The van der Waals surface area contributed by atoms with Crippen LogP contribution >= 0.6 is 0 Å². The Morgan fingerprint density at radius 3 is 0.500 bits per heavy atom. The molecular formula is Cd2Hg2. The van der Waals surface area contributed by atoms with E-state index in [1.807, 2.05) is 0 Å². The van der Waals surface area contributed by atoms with Crippen LogP contribution in [-0.4, -0.2) is 0 Å². The molecule has 0 fully saturated rings. The van der Waals surface area contributed by atoms with Crippen LogP contribution in [0.2, 0.25) is 0 Å². The van der Waals surface area contributed by atoms with Gasteiger partial charge in [-0.25, -0.2) is 0 Å². The van der Waals surface area contributed by atoms with Crippen LogP contribution in [0.25, 0.3) is 0 Å². The predicted molar refractivity (Wildman–Crippen MR) is 0 cm³/mol. The smallest absolute Gasteiger partial charge is 0 e. The van der Waals surface area contributed by atoms with E-state index in [1.165, 1.54) is 0 Å². The topological polar surface area (TPSA) is 0 Å². The van der Waals surface area contributed by atoms with Gasteiger partial charge in [-0.2, -0.15) is 0 Å². The van der Waals surface area contributed by atoms with Crippen molar-refractivity contribution in [1.82, 2.24) is 0 Å². The van der Waals surface area contributed by atoms with Crippen molar-refractivity contribution in [3.63, 3.8) is 0 Å². The molecule has 0 nitrogen and oxygen atoms in total.